The van der Waals surface area contributed by atoms with E-state index in [4.69, 9.17) is 23.1 Å². The first-order valence-corrected chi connectivity index (χ1v) is 11.3. The highest BCUT2D eigenvalue weighted by Crippen LogP contribution is 2.35. The maximum Gasteiger partial charge on any atom is 0.338 e. The third kappa shape index (κ3) is 4.93. The zero-order valence-electron chi connectivity index (χ0n) is 16.4. The highest BCUT2D eigenvalue weighted by molar-refractivity contribution is 7.86. The Balaban J connectivity index is 1.64. The van der Waals surface area contributed by atoms with Crippen LogP contribution in [-0.2, 0) is 33.2 Å². The molecule has 0 aliphatic carbocycles. The third-order valence-corrected chi connectivity index (χ3v) is 5.38. The van der Waals surface area contributed by atoms with Gasteiger partial charge >= 0.3 is 11.9 Å². The molecule has 0 aromatic heterocycles. The predicted octanol–water partition coefficient (Wildman–Crippen LogP) is 1.54. The van der Waals surface area contributed by atoms with Crippen molar-refractivity contribution >= 4 is 22.1 Å². The number of carbonyl (C=O) groups excluding carboxylic acids is 2. The summed E-state index contributed by atoms with van der Waals surface area (Å²) in [6.45, 7) is -0.0103. The van der Waals surface area contributed by atoms with E-state index in [0.29, 0.717) is 0 Å². The first kappa shape index (κ1) is 21.4. The van der Waals surface area contributed by atoms with Crippen LogP contribution in [0.25, 0.3) is 0 Å². The van der Waals surface area contributed by atoms with Gasteiger partial charge in [0.1, 0.15) is 12.2 Å². The fourth-order valence-electron chi connectivity index (χ4n) is 3.45. The molecule has 0 N–H and O–H groups in total. The molecular weight excluding hydrogens is 428 g/mol. The van der Waals surface area contributed by atoms with E-state index in [1.165, 1.54) is 0 Å². The van der Waals surface area contributed by atoms with Crippen LogP contribution in [0.15, 0.2) is 60.7 Å². The van der Waals surface area contributed by atoms with E-state index >= 15 is 0 Å². The van der Waals surface area contributed by atoms with Crippen molar-refractivity contribution in [1.82, 2.24) is 0 Å². The first-order chi connectivity index (χ1) is 14.8. The van der Waals surface area contributed by atoms with Crippen LogP contribution in [0.3, 0.4) is 0 Å². The second-order valence-corrected chi connectivity index (χ2v) is 8.71. The van der Waals surface area contributed by atoms with E-state index in [2.05, 4.69) is 0 Å². The molecule has 2 heterocycles. The number of rotatable bonds is 6. The summed E-state index contributed by atoms with van der Waals surface area (Å²) < 4.78 is 51.2. The van der Waals surface area contributed by atoms with E-state index in [1.54, 1.807) is 60.7 Å². The van der Waals surface area contributed by atoms with Crippen LogP contribution in [0.1, 0.15) is 20.7 Å². The van der Waals surface area contributed by atoms with Crippen LogP contribution < -0.4 is 0 Å². The van der Waals surface area contributed by atoms with Crippen molar-refractivity contribution in [3.05, 3.63) is 71.8 Å². The van der Waals surface area contributed by atoms with Crippen molar-refractivity contribution in [3.8, 4) is 0 Å². The lowest BCUT2D eigenvalue weighted by molar-refractivity contribution is -0.222. The highest BCUT2D eigenvalue weighted by atomic mass is 32.2. The zero-order chi connectivity index (χ0) is 22.0. The second kappa shape index (κ2) is 8.75. The summed E-state index contributed by atoms with van der Waals surface area (Å²) in [7, 11) is -3.95. The van der Waals surface area contributed by atoms with Gasteiger partial charge in [0.2, 0.25) is 0 Å². The Kier molecular flexibility index (Phi) is 6.05. The second-order valence-electron chi connectivity index (χ2n) is 7.11. The molecule has 0 amide bonds. The number of fused-ring (bicyclic) bond motifs is 2. The molecule has 2 saturated heterocycles. The third-order valence-electron chi connectivity index (χ3n) is 4.81. The maximum atomic E-state index is 12.7. The van der Waals surface area contributed by atoms with Crippen molar-refractivity contribution < 1.29 is 41.1 Å². The van der Waals surface area contributed by atoms with E-state index in [1.807, 2.05) is 0 Å². The quantitative estimate of drug-likeness (QED) is 0.479. The lowest BCUT2D eigenvalue weighted by Gasteiger charge is -2.38. The van der Waals surface area contributed by atoms with Crippen LogP contribution in [0, 0.1) is 0 Å². The summed E-state index contributed by atoms with van der Waals surface area (Å²) in [5.74, 6) is -1.43. The van der Waals surface area contributed by atoms with Gasteiger partial charge in [-0.3, -0.25) is 4.18 Å². The molecule has 0 spiro atoms. The average molecular weight is 448 g/mol. The van der Waals surface area contributed by atoms with Gasteiger partial charge in [-0.2, -0.15) is 8.42 Å². The molecule has 164 valence electrons. The minimum absolute atomic E-state index is 0.0103. The summed E-state index contributed by atoms with van der Waals surface area (Å²) in [6.07, 6.45) is -4.76. The number of hydrogen-bond acceptors (Lipinski definition) is 9. The van der Waals surface area contributed by atoms with E-state index in [-0.39, 0.29) is 17.7 Å². The Labute approximate surface area is 178 Å². The van der Waals surface area contributed by atoms with Gasteiger partial charge in [-0.05, 0) is 24.3 Å². The van der Waals surface area contributed by atoms with Gasteiger partial charge in [-0.1, -0.05) is 36.4 Å². The van der Waals surface area contributed by atoms with Gasteiger partial charge in [-0.25, -0.2) is 9.59 Å². The van der Waals surface area contributed by atoms with Crippen molar-refractivity contribution in [1.29, 1.82) is 0 Å². The van der Waals surface area contributed by atoms with Crippen LogP contribution in [0.5, 0.6) is 0 Å². The number of ether oxygens (including phenoxy) is 4. The summed E-state index contributed by atoms with van der Waals surface area (Å²) >= 11 is 0. The minimum Gasteiger partial charge on any atom is -0.452 e. The number of esters is 2. The molecule has 2 aliphatic heterocycles. The molecule has 2 aromatic rings. The van der Waals surface area contributed by atoms with E-state index in [9.17, 15) is 18.0 Å². The van der Waals surface area contributed by atoms with Gasteiger partial charge in [0.05, 0.1) is 24.0 Å². The maximum absolute atomic E-state index is 12.7. The number of benzene rings is 2. The van der Waals surface area contributed by atoms with Gasteiger partial charge < -0.3 is 18.9 Å². The molecule has 2 bridgehead atoms. The Bertz CT molecular complexity index is 1040. The summed E-state index contributed by atoms with van der Waals surface area (Å²) in [5.41, 5.74) is 0.504. The normalized spacial score (nSPS) is 27.5. The molecule has 0 unspecified atom stereocenters. The van der Waals surface area contributed by atoms with Gasteiger partial charge in [0.15, 0.2) is 18.5 Å². The van der Waals surface area contributed by atoms with Crippen molar-refractivity contribution in [2.24, 2.45) is 0 Å². The fraction of sp³-hybridized carbons (Fsp3) is 0.333. The Morgan fingerprint density at radius 3 is 1.87 bits per heavy atom. The van der Waals surface area contributed by atoms with E-state index < -0.39 is 52.8 Å². The number of hydrogen-bond donors (Lipinski definition) is 0. The highest BCUT2D eigenvalue weighted by Gasteiger charge is 2.56. The average Bonchev–Trinajstić information content (AvgIpc) is 3.20. The molecule has 10 heteroatoms. The van der Waals surface area contributed by atoms with E-state index in [0.717, 1.165) is 6.26 Å². The topological polar surface area (TPSA) is 114 Å². The molecule has 5 atom stereocenters. The van der Waals surface area contributed by atoms with Gasteiger partial charge in [0.25, 0.3) is 10.1 Å². The molecular formula is C21H20O9S. The van der Waals surface area contributed by atoms with Crippen LogP contribution >= 0.6 is 0 Å². The molecule has 2 fully saturated rings. The molecule has 4 rings (SSSR count). The van der Waals surface area contributed by atoms with Crippen molar-refractivity contribution in [3.63, 3.8) is 0 Å². The monoisotopic (exact) mass is 448 g/mol. The zero-order valence-corrected chi connectivity index (χ0v) is 17.3. The molecule has 0 radical (unpaired) electrons. The Morgan fingerprint density at radius 1 is 0.839 bits per heavy atom. The largest absolute Gasteiger partial charge is 0.452 e. The standard InChI is InChI=1S/C21H20O9S/c1-31(24,25)30-16-15-12-26-21(27-15)18(29-20(23)14-10-6-3-7-11-14)17(16)28-19(22)13-8-4-2-5-9-13/h2-11,15-18,21H,12H2,1H3/t15-,16-,17+,18-,21-/m1/s1. The number of carbonyl (C=O) groups is 2. The SMILES string of the molecule is CS(=O)(=O)O[C@H]1[C@H](OC(=O)c2ccccc2)[C@@H](OC(=O)c2ccccc2)[C@@H]2OC[C@H]1O2. The molecule has 2 aliphatic rings. The summed E-state index contributed by atoms with van der Waals surface area (Å²) in [5, 5.41) is 0. The van der Waals surface area contributed by atoms with Crippen LogP contribution in [0.2, 0.25) is 0 Å². The van der Waals surface area contributed by atoms with Crippen LogP contribution in [0.4, 0.5) is 0 Å². The van der Waals surface area contributed by atoms with Crippen LogP contribution in [-0.4, -0.2) is 63.9 Å². The van der Waals surface area contributed by atoms with Crippen molar-refractivity contribution in [2.75, 3.05) is 12.9 Å². The molecule has 9 nitrogen and oxygen atoms in total. The van der Waals surface area contributed by atoms with Gasteiger partial charge in [-0.15, -0.1) is 0 Å². The lowest BCUT2D eigenvalue weighted by atomic mass is 10.0. The lowest BCUT2D eigenvalue weighted by Crippen LogP contribution is -2.58. The van der Waals surface area contributed by atoms with Crippen molar-refractivity contribution in [2.45, 2.75) is 30.7 Å². The smallest absolute Gasteiger partial charge is 0.338 e. The first-order valence-electron chi connectivity index (χ1n) is 9.49. The fourth-order valence-corrected chi connectivity index (χ4v) is 4.08. The predicted molar refractivity (Wildman–Crippen MR) is 106 cm³/mol. The Morgan fingerprint density at radius 2 is 1.35 bits per heavy atom. The Hall–Kier alpha value is -2.79. The summed E-state index contributed by atoms with van der Waals surface area (Å²) in [4.78, 5) is 25.4. The van der Waals surface area contributed by atoms with Gasteiger partial charge in [0, 0.05) is 0 Å². The molecule has 0 saturated carbocycles. The minimum atomic E-state index is -3.95. The molecule has 31 heavy (non-hydrogen) atoms. The molecule has 2 aromatic carbocycles. The summed E-state index contributed by atoms with van der Waals surface area (Å²) in [6, 6.07) is 16.3.